The smallest absolute Gasteiger partial charge is 0.333 e. The average molecular weight is 302 g/mol. The number of hydroxylamine groups is 2. The number of nitrogens with zero attached hydrogens (tertiary/aromatic N) is 1. The number of carbonyl (C=O) groups is 4. The molecule has 1 N–H and O–H groups in total. The lowest BCUT2D eigenvalue weighted by molar-refractivity contribution is -0.197. The summed E-state index contributed by atoms with van der Waals surface area (Å²) in [6.45, 7) is 4.05. The number of rotatable bonds is 6. The summed E-state index contributed by atoms with van der Waals surface area (Å²) >= 11 is 4.25. The molecule has 0 spiro atoms. The van der Waals surface area contributed by atoms with E-state index in [4.69, 9.17) is 0 Å². The van der Waals surface area contributed by atoms with Crippen LogP contribution in [-0.2, 0) is 24.0 Å². The van der Waals surface area contributed by atoms with Crippen molar-refractivity contribution in [1.29, 1.82) is 0 Å². The van der Waals surface area contributed by atoms with Crippen molar-refractivity contribution in [2.45, 2.75) is 44.3 Å². The van der Waals surface area contributed by atoms with Crippen molar-refractivity contribution in [2.75, 3.05) is 6.54 Å². The molecule has 0 radical (unpaired) electrons. The minimum Gasteiger partial charge on any atom is -0.355 e. The number of imide groups is 1. The van der Waals surface area contributed by atoms with Crippen LogP contribution in [0.4, 0.5) is 0 Å². The van der Waals surface area contributed by atoms with Crippen LogP contribution >= 0.6 is 12.6 Å². The Hall–Kier alpha value is -1.57. The van der Waals surface area contributed by atoms with Crippen LogP contribution in [0.5, 0.6) is 0 Å². The van der Waals surface area contributed by atoms with Gasteiger partial charge in [0.05, 0.1) is 6.42 Å². The van der Waals surface area contributed by atoms with Gasteiger partial charge in [0.2, 0.25) is 5.91 Å². The van der Waals surface area contributed by atoms with E-state index in [1.807, 2.05) is 13.8 Å². The standard InChI is InChI=1S/C12H18N2O5S/c1-12(2,20)7-13-8(15)3-6-11(18)19-14-9(16)4-5-10(14)17/h20H,3-7H2,1-2H3,(H,13,15). The lowest BCUT2D eigenvalue weighted by Crippen LogP contribution is -2.35. The number of amides is 3. The molecule has 1 saturated heterocycles. The predicted molar refractivity (Wildman–Crippen MR) is 72.5 cm³/mol. The third-order valence-electron chi connectivity index (χ3n) is 2.47. The van der Waals surface area contributed by atoms with Crippen LogP contribution in [0, 0.1) is 0 Å². The quantitative estimate of drug-likeness (QED) is 0.540. The van der Waals surface area contributed by atoms with Gasteiger partial charge in [0.1, 0.15) is 0 Å². The highest BCUT2D eigenvalue weighted by molar-refractivity contribution is 7.81. The largest absolute Gasteiger partial charge is 0.355 e. The first-order valence-electron chi connectivity index (χ1n) is 6.25. The summed E-state index contributed by atoms with van der Waals surface area (Å²) in [5.74, 6) is -2.17. The Morgan fingerprint density at radius 2 is 1.80 bits per heavy atom. The second-order valence-electron chi connectivity index (χ2n) is 5.13. The highest BCUT2D eigenvalue weighted by Gasteiger charge is 2.32. The molecule has 0 saturated carbocycles. The minimum absolute atomic E-state index is 0.0453. The molecule has 1 aliphatic rings. The molecule has 3 amide bonds. The van der Waals surface area contributed by atoms with Gasteiger partial charge in [0.25, 0.3) is 11.8 Å². The Labute approximate surface area is 122 Å². The number of hydrogen-bond acceptors (Lipinski definition) is 6. The maximum absolute atomic E-state index is 11.5. The monoisotopic (exact) mass is 302 g/mol. The molecule has 112 valence electrons. The van der Waals surface area contributed by atoms with Crippen molar-refractivity contribution in [3.8, 4) is 0 Å². The van der Waals surface area contributed by atoms with Gasteiger partial charge in [0.15, 0.2) is 0 Å². The molecule has 8 heteroatoms. The summed E-state index contributed by atoms with van der Waals surface area (Å²) in [4.78, 5) is 49.9. The molecule has 1 fully saturated rings. The van der Waals surface area contributed by atoms with Crippen molar-refractivity contribution in [1.82, 2.24) is 10.4 Å². The van der Waals surface area contributed by atoms with E-state index in [0.717, 1.165) is 0 Å². The zero-order chi connectivity index (χ0) is 15.3. The molecule has 0 unspecified atom stereocenters. The molecule has 7 nitrogen and oxygen atoms in total. The van der Waals surface area contributed by atoms with Gasteiger partial charge in [-0.15, -0.1) is 5.06 Å². The van der Waals surface area contributed by atoms with Crippen molar-refractivity contribution in [3.63, 3.8) is 0 Å². The van der Waals surface area contributed by atoms with E-state index in [1.54, 1.807) is 0 Å². The van der Waals surface area contributed by atoms with Crippen LogP contribution in [0.2, 0.25) is 0 Å². The van der Waals surface area contributed by atoms with Gasteiger partial charge in [-0.05, 0) is 13.8 Å². The SMILES string of the molecule is CC(C)(S)CNC(=O)CCC(=O)ON1C(=O)CCC1=O. The molecule has 1 heterocycles. The fourth-order valence-electron chi connectivity index (χ4n) is 1.42. The van der Waals surface area contributed by atoms with E-state index >= 15 is 0 Å². The van der Waals surface area contributed by atoms with Crippen LogP contribution in [0.15, 0.2) is 0 Å². The first-order valence-corrected chi connectivity index (χ1v) is 6.69. The molecule has 0 aliphatic carbocycles. The van der Waals surface area contributed by atoms with Crippen LogP contribution in [0.25, 0.3) is 0 Å². The van der Waals surface area contributed by atoms with E-state index in [9.17, 15) is 19.2 Å². The van der Waals surface area contributed by atoms with E-state index < -0.39 is 17.8 Å². The fraction of sp³-hybridized carbons (Fsp3) is 0.667. The summed E-state index contributed by atoms with van der Waals surface area (Å²) < 4.78 is -0.343. The second kappa shape index (κ2) is 6.74. The van der Waals surface area contributed by atoms with Gasteiger partial charge in [-0.2, -0.15) is 12.6 Å². The highest BCUT2D eigenvalue weighted by Crippen LogP contribution is 2.13. The van der Waals surface area contributed by atoms with E-state index in [2.05, 4.69) is 22.8 Å². The third-order valence-corrected chi connectivity index (χ3v) is 2.63. The van der Waals surface area contributed by atoms with Gasteiger partial charge >= 0.3 is 5.97 Å². The second-order valence-corrected chi connectivity index (χ2v) is 6.34. The Morgan fingerprint density at radius 3 is 2.30 bits per heavy atom. The topological polar surface area (TPSA) is 92.8 Å². The molecular weight excluding hydrogens is 284 g/mol. The molecule has 0 aromatic heterocycles. The Balaban J connectivity index is 2.28. The van der Waals surface area contributed by atoms with Gasteiger partial charge in [0, 0.05) is 30.6 Å². The first kappa shape index (κ1) is 16.5. The third kappa shape index (κ3) is 5.60. The Kier molecular flexibility index (Phi) is 5.55. The zero-order valence-electron chi connectivity index (χ0n) is 11.5. The fourth-order valence-corrected chi connectivity index (χ4v) is 1.50. The minimum atomic E-state index is -0.783. The molecule has 1 aliphatic heterocycles. The van der Waals surface area contributed by atoms with E-state index in [0.29, 0.717) is 11.6 Å². The van der Waals surface area contributed by atoms with Crippen LogP contribution < -0.4 is 5.32 Å². The number of carbonyl (C=O) groups excluding carboxylic acids is 4. The van der Waals surface area contributed by atoms with Gasteiger partial charge in [-0.1, -0.05) is 0 Å². The summed E-state index contributed by atoms with van der Waals surface area (Å²) in [6, 6.07) is 0. The normalized spacial score (nSPS) is 15.4. The van der Waals surface area contributed by atoms with Gasteiger partial charge < -0.3 is 10.2 Å². The summed E-state index contributed by atoms with van der Waals surface area (Å²) in [5.41, 5.74) is 0. The molecule has 0 atom stereocenters. The van der Waals surface area contributed by atoms with Crippen molar-refractivity contribution in [2.24, 2.45) is 0 Å². The predicted octanol–water partition coefficient (Wildman–Crippen LogP) is 0.198. The Morgan fingerprint density at radius 1 is 1.25 bits per heavy atom. The van der Waals surface area contributed by atoms with Crippen LogP contribution in [-0.4, -0.2) is 40.0 Å². The maximum atomic E-state index is 11.5. The molecule has 20 heavy (non-hydrogen) atoms. The number of hydrogen-bond donors (Lipinski definition) is 2. The van der Waals surface area contributed by atoms with Crippen molar-refractivity contribution < 1.29 is 24.0 Å². The van der Waals surface area contributed by atoms with Crippen molar-refractivity contribution in [3.05, 3.63) is 0 Å². The maximum Gasteiger partial charge on any atom is 0.333 e. The van der Waals surface area contributed by atoms with E-state index in [-0.39, 0.29) is 36.3 Å². The van der Waals surface area contributed by atoms with Gasteiger partial charge in [-0.3, -0.25) is 14.4 Å². The summed E-state index contributed by atoms with van der Waals surface area (Å²) in [5, 5.41) is 3.09. The first-order chi connectivity index (χ1) is 9.19. The van der Waals surface area contributed by atoms with Crippen LogP contribution in [0.3, 0.4) is 0 Å². The highest BCUT2D eigenvalue weighted by atomic mass is 32.1. The average Bonchev–Trinajstić information content (AvgIpc) is 2.65. The summed E-state index contributed by atoms with van der Waals surface area (Å²) in [7, 11) is 0. The van der Waals surface area contributed by atoms with Gasteiger partial charge in [-0.25, -0.2) is 4.79 Å². The zero-order valence-corrected chi connectivity index (χ0v) is 12.4. The molecule has 0 aromatic carbocycles. The molecule has 0 bridgehead atoms. The molecule has 0 aromatic rings. The number of nitrogens with one attached hydrogen (secondary N) is 1. The van der Waals surface area contributed by atoms with Crippen molar-refractivity contribution >= 4 is 36.3 Å². The van der Waals surface area contributed by atoms with Crippen LogP contribution in [0.1, 0.15) is 39.5 Å². The lowest BCUT2D eigenvalue weighted by atomic mass is 10.2. The molecule has 1 rings (SSSR count). The van der Waals surface area contributed by atoms with E-state index in [1.165, 1.54) is 0 Å². The number of thiol groups is 1. The summed E-state index contributed by atoms with van der Waals surface area (Å²) in [6.07, 6.45) is -0.179. The Bertz CT molecular complexity index is 414. The lowest BCUT2D eigenvalue weighted by Gasteiger charge is -2.17. The molecular formula is C12H18N2O5S.